The van der Waals surface area contributed by atoms with E-state index in [1.54, 1.807) is 23.7 Å². The first-order valence-electron chi connectivity index (χ1n) is 11.2. The van der Waals surface area contributed by atoms with Crippen LogP contribution < -0.4 is 0 Å². The second-order valence-electron chi connectivity index (χ2n) is 8.39. The molecule has 2 aromatic carbocycles. The molecule has 166 valence electrons. The lowest BCUT2D eigenvalue weighted by molar-refractivity contribution is -0.131. The minimum Gasteiger partial charge on any atom is -0.340 e. The number of hydrogen-bond donors (Lipinski definition) is 0. The highest BCUT2D eigenvalue weighted by Crippen LogP contribution is 2.27. The van der Waals surface area contributed by atoms with Gasteiger partial charge in [0.25, 0.3) is 0 Å². The van der Waals surface area contributed by atoms with Crippen molar-refractivity contribution in [3.63, 3.8) is 0 Å². The molecule has 1 aliphatic heterocycles. The first kappa shape index (κ1) is 21.1. The Bertz CT molecular complexity index is 1270. The van der Waals surface area contributed by atoms with E-state index in [1.165, 1.54) is 11.6 Å². The van der Waals surface area contributed by atoms with Gasteiger partial charge in [0.1, 0.15) is 12.4 Å². The van der Waals surface area contributed by atoms with E-state index in [9.17, 15) is 9.18 Å². The zero-order chi connectivity index (χ0) is 22.8. The van der Waals surface area contributed by atoms with E-state index < -0.39 is 0 Å². The van der Waals surface area contributed by atoms with Crippen molar-refractivity contribution in [1.29, 1.82) is 0 Å². The molecule has 4 aromatic rings. The molecule has 0 saturated carbocycles. The lowest BCUT2D eigenvalue weighted by atomic mass is 10.1. The molecule has 0 saturated heterocycles. The van der Waals surface area contributed by atoms with Crippen LogP contribution in [-0.4, -0.2) is 38.7 Å². The van der Waals surface area contributed by atoms with Crippen LogP contribution in [0.1, 0.15) is 16.8 Å². The van der Waals surface area contributed by atoms with Crippen molar-refractivity contribution < 1.29 is 9.18 Å². The Morgan fingerprint density at radius 1 is 0.970 bits per heavy atom. The Balaban J connectivity index is 1.43. The maximum atomic E-state index is 13.8. The summed E-state index contributed by atoms with van der Waals surface area (Å²) in [7, 11) is 0. The van der Waals surface area contributed by atoms with Crippen molar-refractivity contribution in [2.24, 2.45) is 0 Å². The van der Waals surface area contributed by atoms with Crippen molar-refractivity contribution in [3.05, 3.63) is 95.6 Å². The van der Waals surface area contributed by atoms with Crippen LogP contribution in [0.25, 0.3) is 22.5 Å². The van der Waals surface area contributed by atoms with E-state index >= 15 is 0 Å². The number of aryl methyl sites for hydroxylation is 1. The molecule has 0 aliphatic carbocycles. The molecular weight excluding hydrogens is 415 g/mol. The third kappa shape index (κ3) is 4.42. The van der Waals surface area contributed by atoms with Crippen molar-refractivity contribution in [3.8, 4) is 22.5 Å². The summed E-state index contributed by atoms with van der Waals surface area (Å²) < 4.78 is 15.6. The van der Waals surface area contributed by atoms with Gasteiger partial charge >= 0.3 is 0 Å². The van der Waals surface area contributed by atoms with Crippen LogP contribution in [0.5, 0.6) is 0 Å². The number of amides is 1. The van der Waals surface area contributed by atoms with E-state index in [1.807, 2.05) is 53.6 Å². The zero-order valence-electron chi connectivity index (χ0n) is 18.5. The van der Waals surface area contributed by atoms with E-state index in [2.05, 4.69) is 11.1 Å². The topological polar surface area (TPSA) is 51.0 Å². The molecular formula is C27H25FN4O. The van der Waals surface area contributed by atoms with E-state index in [0.717, 1.165) is 41.1 Å². The van der Waals surface area contributed by atoms with Crippen LogP contribution in [0, 0.1) is 12.7 Å². The fraction of sp³-hybridized carbons (Fsp3) is 0.222. The van der Waals surface area contributed by atoms with Gasteiger partial charge in [-0.15, -0.1) is 0 Å². The highest BCUT2D eigenvalue weighted by Gasteiger charge is 2.21. The standard InChI is InChI=1S/C27H25FN4O/c1-19-16-22(9-10-23(19)28)25-17-26(21-6-3-2-4-7-21)32(30-25)18-27(33)31-14-11-20-8-5-13-29-24(20)12-15-31/h2-10,13,16-17H,11-12,14-15,18H2,1H3. The number of hydrogen-bond acceptors (Lipinski definition) is 3. The minimum absolute atomic E-state index is 0.0323. The number of benzene rings is 2. The zero-order valence-corrected chi connectivity index (χ0v) is 18.5. The monoisotopic (exact) mass is 440 g/mol. The Hall–Kier alpha value is -3.80. The second-order valence-corrected chi connectivity index (χ2v) is 8.39. The average Bonchev–Trinajstić information content (AvgIpc) is 3.12. The summed E-state index contributed by atoms with van der Waals surface area (Å²) in [5.74, 6) is -0.210. The Morgan fingerprint density at radius 2 is 1.79 bits per heavy atom. The van der Waals surface area contributed by atoms with Gasteiger partial charge in [-0.3, -0.25) is 14.5 Å². The number of carbonyl (C=O) groups excluding carboxylic acids is 1. The summed E-state index contributed by atoms with van der Waals surface area (Å²) in [5.41, 5.74) is 6.25. The predicted octanol–water partition coefficient (Wildman–Crippen LogP) is 4.69. The van der Waals surface area contributed by atoms with Crippen LogP contribution >= 0.6 is 0 Å². The molecule has 0 spiro atoms. The molecule has 5 nitrogen and oxygen atoms in total. The van der Waals surface area contributed by atoms with E-state index in [4.69, 9.17) is 5.10 Å². The number of pyridine rings is 1. The predicted molar refractivity (Wildman–Crippen MR) is 126 cm³/mol. The van der Waals surface area contributed by atoms with Gasteiger partial charge in [-0.1, -0.05) is 36.4 Å². The molecule has 1 aliphatic rings. The normalized spacial score (nSPS) is 13.5. The maximum absolute atomic E-state index is 13.8. The summed E-state index contributed by atoms with van der Waals surface area (Å²) in [4.78, 5) is 19.7. The summed E-state index contributed by atoms with van der Waals surface area (Å²) in [5, 5.41) is 4.76. The number of rotatable bonds is 4. The summed E-state index contributed by atoms with van der Waals surface area (Å²) in [6.07, 6.45) is 3.37. The minimum atomic E-state index is -0.242. The molecule has 0 atom stereocenters. The van der Waals surface area contributed by atoms with Gasteiger partial charge in [0.15, 0.2) is 0 Å². The molecule has 0 radical (unpaired) electrons. The molecule has 0 bridgehead atoms. The number of aromatic nitrogens is 3. The molecule has 3 heterocycles. The summed E-state index contributed by atoms with van der Waals surface area (Å²) in [6.45, 7) is 3.20. The van der Waals surface area contributed by atoms with Gasteiger partial charge < -0.3 is 4.90 Å². The largest absolute Gasteiger partial charge is 0.340 e. The van der Waals surface area contributed by atoms with Crippen LogP contribution in [-0.2, 0) is 24.2 Å². The highest BCUT2D eigenvalue weighted by molar-refractivity contribution is 5.78. The van der Waals surface area contributed by atoms with Crippen molar-refractivity contribution in [1.82, 2.24) is 19.7 Å². The van der Waals surface area contributed by atoms with Gasteiger partial charge in [-0.2, -0.15) is 5.10 Å². The fourth-order valence-electron chi connectivity index (χ4n) is 4.33. The van der Waals surface area contributed by atoms with Gasteiger partial charge in [-0.05, 0) is 60.4 Å². The number of fused-ring (bicyclic) bond motifs is 1. The van der Waals surface area contributed by atoms with Crippen molar-refractivity contribution in [2.45, 2.75) is 26.3 Å². The Morgan fingerprint density at radius 3 is 2.61 bits per heavy atom. The molecule has 0 unspecified atom stereocenters. The van der Waals surface area contributed by atoms with Gasteiger partial charge in [0.05, 0.1) is 11.4 Å². The third-order valence-electron chi connectivity index (χ3n) is 6.20. The highest BCUT2D eigenvalue weighted by atomic mass is 19.1. The molecule has 0 fully saturated rings. The van der Waals surface area contributed by atoms with Crippen LogP contribution in [0.2, 0.25) is 0 Å². The summed E-state index contributed by atoms with van der Waals surface area (Å²) in [6, 6.07) is 20.9. The fourth-order valence-corrected chi connectivity index (χ4v) is 4.33. The molecule has 6 heteroatoms. The molecule has 33 heavy (non-hydrogen) atoms. The quantitative estimate of drug-likeness (QED) is 0.463. The SMILES string of the molecule is Cc1cc(-c2cc(-c3ccccc3)n(CC(=O)N3CCc4cccnc4CC3)n2)ccc1F. The molecule has 0 N–H and O–H groups in total. The molecule has 5 rings (SSSR count). The third-order valence-corrected chi connectivity index (χ3v) is 6.20. The first-order valence-corrected chi connectivity index (χ1v) is 11.2. The Labute approximate surface area is 192 Å². The lowest BCUT2D eigenvalue weighted by Crippen LogP contribution is -2.36. The maximum Gasteiger partial charge on any atom is 0.244 e. The number of carbonyl (C=O) groups is 1. The van der Waals surface area contributed by atoms with E-state index in [-0.39, 0.29) is 18.3 Å². The van der Waals surface area contributed by atoms with Crippen molar-refractivity contribution >= 4 is 5.91 Å². The smallest absolute Gasteiger partial charge is 0.244 e. The van der Waals surface area contributed by atoms with Crippen LogP contribution in [0.3, 0.4) is 0 Å². The van der Waals surface area contributed by atoms with Gasteiger partial charge in [0.2, 0.25) is 5.91 Å². The first-order chi connectivity index (χ1) is 16.1. The van der Waals surface area contributed by atoms with Gasteiger partial charge in [0, 0.05) is 37.0 Å². The summed E-state index contributed by atoms with van der Waals surface area (Å²) >= 11 is 0. The molecule has 1 amide bonds. The number of halogens is 1. The van der Waals surface area contributed by atoms with Crippen LogP contribution in [0.15, 0.2) is 72.9 Å². The van der Waals surface area contributed by atoms with E-state index in [0.29, 0.717) is 18.7 Å². The van der Waals surface area contributed by atoms with Crippen molar-refractivity contribution in [2.75, 3.05) is 13.1 Å². The Kier molecular flexibility index (Phi) is 5.73. The van der Waals surface area contributed by atoms with Crippen LogP contribution in [0.4, 0.5) is 4.39 Å². The average molecular weight is 441 g/mol. The molecule has 2 aromatic heterocycles. The lowest BCUT2D eigenvalue weighted by Gasteiger charge is -2.20. The second kappa shape index (κ2) is 8.98. The number of nitrogens with zero attached hydrogens (tertiary/aromatic N) is 4. The van der Waals surface area contributed by atoms with Gasteiger partial charge in [-0.25, -0.2) is 4.39 Å².